The minimum absolute atomic E-state index is 0.0152. The van der Waals surface area contributed by atoms with E-state index in [0.717, 1.165) is 37.7 Å². The van der Waals surface area contributed by atoms with Crippen molar-refractivity contribution in [3.63, 3.8) is 0 Å². The highest BCUT2D eigenvalue weighted by atomic mass is 32.2. The fourth-order valence-electron chi connectivity index (χ4n) is 2.17. The van der Waals surface area contributed by atoms with E-state index in [9.17, 15) is 9.59 Å². The Morgan fingerprint density at radius 3 is 2.60 bits per heavy atom. The molecule has 1 aliphatic rings. The molecular weight excluding hydrogens is 274 g/mol. The van der Waals surface area contributed by atoms with Crippen molar-refractivity contribution in [2.75, 3.05) is 19.7 Å². The van der Waals surface area contributed by atoms with Crippen molar-refractivity contribution in [1.82, 2.24) is 4.90 Å². The first-order valence-corrected chi connectivity index (χ1v) is 7.77. The third-order valence-corrected chi connectivity index (χ3v) is 4.20. The van der Waals surface area contributed by atoms with E-state index in [1.165, 1.54) is 6.42 Å². The smallest absolute Gasteiger partial charge is 0.339 e. The molecule has 0 aliphatic carbocycles. The maximum absolute atomic E-state index is 12.2. The van der Waals surface area contributed by atoms with E-state index in [4.69, 9.17) is 4.74 Å². The molecule has 0 radical (unpaired) electrons. The number of amides is 1. The molecule has 2 rings (SSSR count). The van der Waals surface area contributed by atoms with Crippen molar-refractivity contribution in [3.8, 4) is 0 Å². The summed E-state index contributed by atoms with van der Waals surface area (Å²) in [4.78, 5) is 26.6. The number of hydrogen-bond donors (Lipinski definition) is 0. The van der Waals surface area contributed by atoms with E-state index in [2.05, 4.69) is 0 Å². The Labute approximate surface area is 123 Å². The van der Waals surface area contributed by atoms with Gasteiger partial charge in [0.15, 0.2) is 0 Å². The lowest BCUT2D eigenvalue weighted by Crippen LogP contribution is -2.32. The molecule has 1 heterocycles. The second-order valence-corrected chi connectivity index (χ2v) is 5.63. The number of carbonyl (C=O) groups is 2. The molecule has 0 aromatic heterocycles. The molecule has 0 saturated carbocycles. The van der Waals surface area contributed by atoms with Crippen molar-refractivity contribution in [3.05, 3.63) is 29.8 Å². The van der Waals surface area contributed by atoms with Crippen LogP contribution in [0.1, 0.15) is 36.5 Å². The van der Waals surface area contributed by atoms with Gasteiger partial charge in [0.1, 0.15) is 0 Å². The van der Waals surface area contributed by atoms with Crippen LogP contribution in [0.25, 0.3) is 0 Å². The lowest BCUT2D eigenvalue weighted by molar-refractivity contribution is 0.0522. The molecule has 1 aliphatic heterocycles. The second kappa shape index (κ2) is 7.33. The van der Waals surface area contributed by atoms with E-state index in [1.807, 2.05) is 11.0 Å². The van der Waals surface area contributed by atoms with E-state index < -0.39 is 0 Å². The number of thioether (sulfide) groups is 1. The zero-order valence-electron chi connectivity index (χ0n) is 11.6. The molecule has 1 aromatic rings. The lowest BCUT2D eigenvalue weighted by atomic mass is 10.1. The lowest BCUT2D eigenvalue weighted by Gasteiger charge is -2.26. The predicted octanol–water partition coefficient (Wildman–Crippen LogP) is 3.56. The minimum Gasteiger partial charge on any atom is -0.462 e. The Balaban J connectivity index is 2.08. The van der Waals surface area contributed by atoms with Gasteiger partial charge in [0.05, 0.1) is 12.2 Å². The van der Waals surface area contributed by atoms with Crippen LogP contribution in [0, 0.1) is 0 Å². The fourth-order valence-corrected chi connectivity index (χ4v) is 3.08. The van der Waals surface area contributed by atoms with Gasteiger partial charge >= 0.3 is 5.97 Å². The highest BCUT2D eigenvalue weighted by molar-refractivity contribution is 8.13. The van der Waals surface area contributed by atoms with Gasteiger partial charge in [-0.15, -0.1) is 0 Å². The minimum atomic E-state index is -0.373. The van der Waals surface area contributed by atoms with E-state index in [-0.39, 0.29) is 11.2 Å². The zero-order valence-corrected chi connectivity index (χ0v) is 12.4. The monoisotopic (exact) mass is 293 g/mol. The summed E-state index contributed by atoms with van der Waals surface area (Å²) in [7, 11) is 0. The number of carbonyl (C=O) groups excluding carboxylic acids is 2. The van der Waals surface area contributed by atoms with Gasteiger partial charge in [0.2, 0.25) is 0 Å². The van der Waals surface area contributed by atoms with E-state index in [1.54, 1.807) is 25.1 Å². The predicted molar refractivity (Wildman–Crippen MR) is 79.1 cm³/mol. The molecule has 0 spiro atoms. The summed E-state index contributed by atoms with van der Waals surface area (Å²) >= 11 is 1.12. The number of esters is 1. The highest BCUT2D eigenvalue weighted by Crippen LogP contribution is 2.27. The van der Waals surface area contributed by atoms with Crippen molar-refractivity contribution in [2.45, 2.75) is 31.1 Å². The van der Waals surface area contributed by atoms with Crippen LogP contribution < -0.4 is 0 Å². The van der Waals surface area contributed by atoms with Gasteiger partial charge in [0, 0.05) is 18.0 Å². The summed E-state index contributed by atoms with van der Waals surface area (Å²) in [6.07, 6.45) is 3.31. The van der Waals surface area contributed by atoms with Gasteiger partial charge < -0.3 is 9.64 Å². The zero-order chi connectivity index (χ0) is 14.4. The van der Waals surface area contributed by atoms with Crippen molar-refractivity contribution in [2.24, 2.45) is 0 Å². The SMILES string of the molecule is CCOC(=O)c1ccccc1SC(=O)N1CCCCC1. The molecule has 1 saturated heterocycles. The average Bonchev–Trinajstić information content (AvgIpc) is 2.49. The van der Waals surface area contributed by atoms with Crippen LogP contribution in [-0.2, 0) is 4.74 Å². The Hall–Kier alpha value is -1.49. The van der Waals surface area contributed by atoms with Crippen LogP contribution in [0.2, 0.25) is 0 Å². The maximum Gasteiger partial charge on any atom is 0.339 e. The van der Waals surface area contributed by atoms with Gasteiger partial charge in [-0.05, 0) is 50.1 Å². The molecule has 1 aromatic carbocycles. The van der Waals surface area contributed by atoms with Gasteiger partial charge in [0.25, 0.3) is 5.24 Å². The topological polar surface area (TPSA) is 46.6 Å². The van der Waals surface area contributed by atoms with Crippen LogP contribution in [0.5, 0.6) is 0 Å². The highest BCUT2D eigenvalue weighted by Gasteiger charge is 2.20. The van der Waals surface area contributed by atoms with Gasteiger partial charge in [-0.2, -0.15) is 0 Å². The molecule has 0 bridgehead atoms. The molecule has 4 nitrogen and oxygen atoms in total. The van der Waals surface area contributed by atoms with Crippen LogP contribution >= 0.6 is 11.8 Å². The standard InChI is InChI=1S/C15H19NO3S/c1-2-19-14(17)12-8-4-5-9-13(12)20-15(18)16-10-6-3-7-11-16/h4-5,8-9H,2-3,6-7,10-11H2,1H3. The number of ether oxygens (including phenoxy) is 1. The summed E-state index contributed by atoms with van der Waals surface area (Å²) in [5, 5.41) is 0.0152. The first-order chi connectivity index (χ1) is 9.72. The van der Waals surface area contributed by atoms with Gasteiger partial charge in [-0.25, -0.2) is 4.79 Å². The van der Waals surface area contributed by atoms with E-state index >= 15 is 0 Å². The normalized spacial score (nSPS) is 14.9. The molecule has 0 N–H and O–H groups in total. The molecule has 1 amide bonds. The van der Waals surface area contributed by atoms with E-state index in [0.29, 0.717) is 17.1 Å². The molecule has 5 heteroatoms. The molecule has 0 unspecified atom stereocenters. The number of benzene rings is 1. The molecule has 1 fully saturated rings. The molecule has 20 heavy (non-hydrogen) atoms. The second-order valence-electron chi connectivity index (χ2n) is 4.63. The molecule has 108 valence electrons. The maximum atomic E-state index is 12.2. The first kappa shape index (κ1) is 14.9. The summed E-state index contributed by atoms with van der Waals surface area (Å²) in [6, 6.07) is 7.10. The fraction of sp³-hybridized carbons (Fsp3) is 0.467. The Kier molecular flexibility index (Phi) is 5.47. The van der Waals surface area contributed by atoms with Crippen molar-refractivity contribution < 1.29 is 14.3 Å². The summed E-state index contributed by atoms with van der Waals surface area (Å²) < 4.78 is 5.02. The van der Waals surface area contributed by atoms with Crippen LogP contribution in [0.3, 0.4) is 0 Å². The number of hydrogen-bond acceptors (Lipinski definition) is 4. The Bertz CT molecular complexity index is 484. The number of rotatable bonds is 3. The quantitative estimate of drug-likeness (QED) is 0.631. The summed E-state index contributed by atoms with van der Waals surface area (Å²) in [5.74, 6) is -0.373. The summed E-state index contributed by atoms with van der Waals surface area (Å²) in [5.41, 5.74) is 0.463. The van der Waals surface area contributed by atoms with Gasteiger partial charge in [-0.3, -0.25) is 4.79 Å². The van der Waals surface area contributed by atoms with Crippen molar-refractivity contribution >= 4 is 23.0 Å². The van der Waals surface area contributed by atoms with Crippen LogP contribution in [-0.4, -0.2) is 35.8 Å². The average molecular weight is 293 g/mol. The molecular formula is C15H19NO3S. The van der Waals surface area contributed by atoms with Crippen LogP contribution in [0.4, 0.5) is 4.79 Å². The number of piperidine rings is 1. The van der Waals surface area contributed by atoms with Crippen molar-refractivity contribution in [1.29, 1.82) is 0 Å². The number of likely N-dealkylation sites (tertiary alicyclic amines) is 1. The van der Waals surface area contributed by atoms with Crippen LogP contribution in [0.15, 0.2) is 29.2 Å². The largest absolute Gasteiger partial charge is 0.462 e. The van der Waals surface area contributed by atoms with Gasteiger partial charge in [-0.1, -0.05) is 12.1 Å². The molecule has 0 atom stereocenters. The Morgan fingerprint density at radius 1 is 1.20 bits per heavy atom. The summed E-state index contributed by atoms with van der Waals surface area (Å²) in [6.45, 7) is 3.73. The first-order valence-electron chi connectivity index (χ1n) is 6.95. The Morgan fingerprint density at radius 2 is 1.90 bits per heavy atom. The third kappa shape index (κ3) is 3.76. The number of nitrogens with zero attached hydrogens (tertiary/aromatic N) is 1. The third-order valence-electron chi connectivity index (χ3n) is 3.19.